The molecule has 0 unspecified atom stereocenters. The van der Waals surface area contributed by atoms with Gasteiger partial charge in [-0.1, -0.05) is 41.9 Å². The summed E-state index contributed by atoms with van der Waals surface area (Å²) in [6, 6.07) is 0. The number of oxime groups is 1. The van der Waals surface area contributed by atoms with Crippen LogP contribution < -0.4 is 0 Å². The molecule has 0 aromatic rings. The maximum atomic E-state index is 8.71. The van der Waals surface area contributed by atoms with Crippen molar-refractivity contribution in [3.8, 4) is 0 Å². The summed E-state index contributed by atoms with van der Waals surface area (Å²) >= 11 is 3.56. The molecule has 0 aliphatic heterocycles. The first-order valence-corrected chi connectivity index (χ1v) is 5.71. The van der Waals surface area contributed by atoms with Crippen molar-refractivity contribution >= 4 is 21.6 Å². The van der Waals surface area contributed by atoms with Crippen LogP contribution >= 0.6 is 15.9 Å². The highest BCUT2D eigenvalue weighted by atomic mass is 79.9. The summed E-state index contributed by atoms with van der Waals surface area (Å²) in [5, 5.41) is 12.0. The van der Waals surface area contributed by atoms with Crippen LogP contribution in [0.1, 0.15) is 40.0 Å². The average molecular weight is 248 g/mol. The molecule has 0 aromatic carbocycles. The van der Waals surface area contributed by atoms with Gasteiger partial charge in [-0.3, -0.25) is 0 Å². The first kappa shape index (κ1) is 11.0. The summed E-state index contributed by atoms with van der Waals surface area (Å²) in [4.78, 5) is 0.274. The van der Waals surface area contributed by atoms with Crippen molar-refractivity contribution in [2.24, 2.45) is 16.5 Å². The van der Waals surface area contributed by atoms with E-state index in [4.69, 9.17) is 5.21 Å². The van der Waals surface area contributed by atoms with Crippen LogP contribution in [-0.2, 0) is 0 Å². The lowest BCUT2D eigenvalue weighted by molar-refractivity contribution is 0.208. The highest BCUT2D eigenvalue weighted by Crippen LogP contribution is 2.38. The predicted octanol–water partition coefficient (Wildman–Crippen LogP) is 3.43. The zero-order chi connectivity index (χ0) is 10.1. The zero-order valence-corrected chi connectivity index (χ0v) is 10.1. The molecule has 1 aliphatic carbocycles. The lowest BCUT2D eigenvalue weighted by Gasteiger charge is -2.36. The molecule has 13 heavy (non-hydrogen) atoms. The SMILES string of the molecule is CC(C)(C)[C@H]1CC/C(=N\O)[C@H](Br)C1. The molecule has 76 valence electrons. The highest BCUT2D eigenvalue weighted by Gasteiger charge is 2.32. The minimum atomic E-state index is 0.274. The number of rotatable bonds is 0. The molecular formula is C10H18BrNO. The Labute approximate surface area is 88.5 Å². The van der Waals surface area contributed by atoms with Crippen molar-refractivity contribution in [1.82, 2.24) is 0 Å². The molecule has 0 spiro atoms. The van der Waals surface area contributed by atoms with E-state index in [0.29, 0.717) is 5.41 Å². The third-order valence-corrected chi connectivity index (χ3v) is 3.86. The van der Waals surface area contributed by atoms with E-state index in [1.165, 1.54) is 0 Å². The predicted molar refractivity (Wildman–Crippen MR) is 58.7 cm³/mol. The maximum absolute atomic E-state index is 8.71. The molecule has 1 aliphatic rings. The second kappa shape index (κ2) is 3.99. The molecule has 0 bridgehead atoms. The first-order valence-electron chi connectivity index (χ1n) is 4.80. The Morgan fingerprint density at radius 3 is 2.46 bits per heavy atom. The number of hydrogen-bond donors (Lipinski definition) is 1. The molecule has 0 saturated heterocycles. The second-order valence-electron chi connectivity index (χ2n) is 4.90. The van der Waals surface area contributed by atoms with Crippen molar-refractivity contribution < 1.29 is 5.21 Å². The molecule has 1 rings (SSSR count). The van der Waals surface area contributed by atoms with E-state index < -0.39 is 0 Å². The van der Waals surface area contributed by atoms with Crippen molar-refractivity contribution in [3.63, 3.8) is 0 Å². The van der Waals surface area contributed by atoms with Gasteiger partial charge in [0, 0.05) is 0 Å². The monoisotopic (exact) mass is 247 g/mol. The van der Waals surface area contributed by atoms with Gasteiger partial charge in [0.15, 0.2) is 0 Å². The lowest BCUT2D eigenvalue weighted by Crippen LogP contribution is -2.32. The molecule has 1 N–H and O–H groups in total. The number of hydrogen-bond acceptors (Lipinski definition) is 2. The van der Waals surface area contributed by atoms with Crippen LogP contribution in [-0.4, -0.2) is 15.7 Å². The van der Waals surface area contributed by atoms with Gasteiger partial charge < -0.3 is 5.21 Å². The molecule has 2 atom stereocenters. The van der Waals surface area contributed by atoms with E-state index in [9.17, 15) is 0 Å². The lowest BCUT2D eigenvalue weighted by atomic mass is 9.72. The van der Waals surface area contributed by atoms with Gasteiger partial charge in [0.05, 0.1) is 10.5 Å². The molecule has 0 radical (unpaired) electrons. The molecule has 1 saturated carbocycles. The van der Waals surface area contributed by atoms with Crippen molar-refractivity contribution in [1.29, 1.82) is 0 Å². The number of halogens is 1. The van der Waals surface area contributed by atoms with Crippen LogP contribution in [0.3, 0.4) is 0 Å². The molecule has 3 heteroatoms. The number of alkyl halides is 1. The van der Waals surface area contributed by atoms with Crippen molar-refractivity contribution in [2.45, 2.75) is 44.9 Å². The van der Waals surface area contributed by atoms with E-state index >= 15 is 0 Å². The van der Waals surface area contributed by atoms with Crippen LogP contribution in [0.4, 0.5) is 0 Å². The van der Waals surface area contributed by atoms with Gasteiger partial charge in [0.25, 0.3) is 0 Å². The Bertz CT molecular complexity index is 207. The van der Waals surface area contributed by atoms with Crippen molar-refractivity contribution in [3.05, 3.63) is 0 Å². The molecule has 0 amide bonds. The van der Waals surface area contributed by atoms with Crippen LogP contribution in [0, 0.1) is 11.3 Å². The van der Waals surface area contributed by atoms with Gasteiger partial charge in [0.1, 0.15) is 0 Å². The summed E-state index contributed by atoms with van der Waals surface area (Å²) in [7, 11) is 0. The van der Waals surface area contributed by atoms with Gasteiger partial charge >= 0.3 is 0 Å². The second-order valence-corrected chi connectivity index (χ2v) is 6.00. The fourth-order valence-electron chi connectivity index (χ4n) is 1.88. The fraction of sp³-hybridized carbons (Fsp3) is 0.900. The summed E-state index contributed by atoms with van der Waals surface area (Å²) in [5.41, 5.74) is 1.27. The van der Waals surface area contributed by atoms with Crippen LogP contribution in [0.5, 0.6) is 0 Å². The Morgan fingerprint density at radius 2 is 2.08 bits per heavy atom. The van der Waals surface area contributed by atoms with E-state index in [-0.39, 0.29) is 4.83 Å². The zero-order valence-electron chi connectivity index (χ0n) is 8.55. The van der Waals surface area contributed by atoms with Crippen LogP contribution in [0.2, 0.25) is 0 Å². The summed E-state index contributed by atoms with van der Waals surface area (Å²) in [6.45, 7) is 6.83. The van der Waals surface area contributed by atoms with Crippen LogP contribution in [0.25, 0.3) is 0 Å². The molecule has 1 fully saturated rings. The Morgan fingerprint density at radius 1 is 1.46 bits per heavy atom. The quantitative estimate of drug-likeness (QED) is 0.397. The maximum Gasteiger partial charge on any atom is 0.0707 e. The Balaban J connectivity index is 2.61. The summed E-state index contributed by atoms with van der Waals surface area (Å²) < 4.78 is 0. The highest BCUT2D eigenvalue weighted by molar-refractivity contribution is 9.10. The summed E-state index contributed by atoms with van der Waals surface area (Å²) in [6.07, 6.45) is 3.16. The smallest absolute Gasteiger partial charge is 0.0707 e. The standard InChI is InChI=1S/C10H18BrNO/c1-10(2,3)7-4-5-9(12-13)8(11)6-7/h7-8,13H,4-6H2,1-3H3/b12-9+/t7-,8+/m0/s1. The van der Waals surface area contributed by atoms with Gasteiger partial charge in [0.2, 0.25) is 0 Å². The normalized spacial score (nSPS) is 33.7. The third-order valence-electron chi connectivity index (χ3n) is 2.96. The van der Waals surface area contributed by atoms with Gasteiger partial charge in [-0.05, 0) is 30.6 Å². The van der Waals surface area contributed by atoms with Gasteiger partial charge in [-0.25, -0.2) is 0 Å². The molecule has 2 nitrogen and oxygen atoms in total. The number of nitrogens with zero attached hydrogens (tertiary/aromatic N) is 1. The first-order chi connectivity index (χ1) is 5.95. The summed E-state index contributed by atoms with van der Waals surface area (Å²) in [5.74, 6) is 0.724. The minimum absolute atomic E-state index is 0.274. The molecular weight excluding hydrogens is 230 g/mol. The Hall–Kier alpha value is -0.0500. The van der Waals surface area contributed by atoms with E-state index in [1.807, 2.05) is 0 Å². The van der Waals surface area contributed by atoms with Crippen LogP contribution in [0.15, 0.2) is 5.16 Å². The topological polar surface area (TPSA) is 32.6 Å². The largest absolute Gasteiger partial charge is 0.411 e. The molecule has 0 aromatic heterocycles. The van der Waals surface area contributed by atoms with E-state index in [1.54, 1.807) is 0 Å². The Kier molecular flexibility index (Phi) is 3.38. The fourth-order valence-corrected chi connectivity index (χ4v) is 2.65. The van der Waals surface area contributed by atoms with Crippen molar-refractivity contribution in [2.75, 3.05) is 0 Å². The van der Waals surface area contributed by atoms with Gasteiger partial charge in [-0.2, -0.15) is 0 Å². The van der Waals surface area contributed by atoms with E-state index in [2.05, 4.69) is 41.9 Å². The van der Waals surface area contributed by atoms with Gasteiger partial charge in [-0.15, -0.1) is 0 Å². The van der Waals surface area contributed by atoms with E-state index in [0.717, 1.165) is 30.9 Å². The third kappa shape index (κ3) is 2.70. The molecule has 0 heterocycles. The minimum Gasteiger partial charge on any atom is -0.411 e. The average Bonchev–Trinajstić information content (AvgIpc) is 2.02.